The molecular formula is C8H15NO2. The predicted molar refractivity (Wildman–Crippen MR) is 41.7 cm³/mol. The average molecular weight is 157 g/mol. The van der Waals surface area contributed by atoms with Crippen LogP contribution in [0.15, 0.2) is 0 Å². The van der Waals surface area contributed by atoms with E-state index >= 15 is 0 Å². The lowest BCUT2D eigenvalue weighted by molar-refractivity contribution is -0.177. The minimum absolute atomic E-state index is 0.161. The van der Waals surface area contributed by atoms with Crippen molar-refractivity contribution in [1.82, 2.24) is 5.06 Å². The number of rotatable bonds is 3. The van der Waals surface area contributed by atoms with E-state index in [0.29, 0.717) is 6.61 Å². The van der Waals surface area contributed by atoms with Gasteiger partial charge in [-0.25, -0.2) is 5.06 Å². The van der Waals surface area contributed by atoms with Crippen molar-refractivity contribution in [3.8, 4) is 0 Å². The minimum atomic E-state index is 0.161. The molecule has 1 unspecified atom stereocenters. The van der Waals surface area contributed by atoms with E-state index in [1.807, 2.05) is 13.8 Å². The number of carbonyl (C=O) groups is 1. The maximum Gasteiger partial charge on any atom is 0.249 e. The molecule has 3 heteroatoms. The molecule has 0 N–H and O–H groups in total. The topological polar surface area (TPSA) is 29.5 Å². The second kappa shape index (κ2) is 3.72. The second-order valence-electron chi connectivity index (χ2n) is 2.75. The van der Waals surface area contributed by atoms with E-state index in [0.717, 1.165) is 19.4 Å². The normalized spacial score (nSPS) is 24.7. The Morgan fingerprint density at radius 2 is 2.36 bits per heavy atom. The molecule has 64 valence electrons. The first-order valence-electron chi connectivity index (χ1n) is 4.23. The summed E-state index contributed by atoms with van der Waals surface area (Å²) in [6.45, 7) is 5.29. The fourth-order valence-corrected chi connectivity index (χ4v) is 1.37. The molecule has 1 atom stereocenters. The summed E-state index contributed by atoms with van der Waals surface area (Å²) in [6.07, 6.45) is 1.89. The van der Waals surface area contributed by atoms with Crippen LogP contribution in [-0.2, 0) is 9.63 Å². The molecule has 1 amide bonds. The Kier molecular flexibility index (Phi) is 2.88. The first-order valence-corrected chi connectivity index (χ1v) is 4.23. The van der Waals surface area contributed by atoms with Gasteiger partial charge in [-0.05, 0) is 19.8 Å². The summed E-state index contributed by atoms with van der Waals surface area (Å²) < 4.78 is 0. The highest BCUT2D eigenvalue weighted by Crippen LogP contribution is 2.20. The van der Waals surface area contributed by atoms with Crippen LogP contribution in [0.25, 0.3) is 0 Å². The predicted octanol–water partition coefficient (Wildman–Crippen LogP) is 1.20. The Labute approximate surface area is 67.3 Å². The number of carbonyl (C=O) groups excluding carboxylic acids is 1. The highest BCUT2D eigenvalue weighted by Gasteiger charge is 2.30. The Bertz CT molecular complexity index is 147. The van der Waals surface area contributed by atoms with Crippen molar-refractivity contribution in [1.29, 1.82) is 0 Å². The molecule has 1 saturated heterocycles. The Hall–Kier alpha value is -0.570. The van der Waals surface area contributed by atoms with Gasteiger partial charge in [0.1, 0.15) is 0 Å². The van der Waals surface area contributed by atoms with Crippen LogP contribution >= 0.6 is 0 Å². The summed E-state index contributed by atoms with van der Waals surface area (Å²) in [5.41, 5.74) is 0. The lowest BCUT2D eigenvalue weighted by Crippen LogP contribution is -2.27. The van der Waals surface area contributed by atoms with E-state index in [1.165, 1.54) is 5.06 Å². The molecule has 0 aromatic carbocycles. The van der Waals surface area contributed by atoms with Crippen LogP contribution in [-0.4, -0.2) is 24.1 Å². The summed E-state index contributed by atoms with van der Waals surface area (Å²) in [7, 11) is 0. The molecule has 1 heterocycles. The monoisotopic (exact) mass is 157 g/mol. The summed E-state index contributed by atoms with van der Waals surface area (Å²) >= 11 is 0. The zero-order valence-electron chi connectivity index (χ0n) is 7.17. The Morgan fingerprint density at radius 3 is 2.82 bits per heavy atom. The average Bonchev–Trinajstić information content (AvgIpc) is 2.34. The van der Waals surface area contributed by atoms with Gasteiger partial charge in [-0.2, -0.15) is 0 Å². The zero-order valence-corrected chi connectivity index (χ0v) is 7.17. The first-order chi connectivity index (χ1) is 5.29. The fourth-order valence-electron chi connectivity index (χ4n) is 1.37. The van der Waals surface area contributed by atoms with E-state index in [4.69, 9.17) is 4.84 Å². The molecule has 1 rings (SSSR count). The van der Waals surface area contributed by atoms with Gasteiger partial charge in [0.15, 0.2) is 0 Å². The number of hydroxylamine groups is 2. The van der Waals surface area contributed by atoms with Gasteiger partial charge in [0.05, 0.1) is 6.61 Å². The van der Waals surface area contributed by atoms with Gasteiger partial charge in [-0.15, -0.1) is 0 Å². The van der Waals surface area contributed by atoms with Gasteiger partial charge in [-0.3, -0.25) is 9.63 Å². The van der Waals surface area contributed by atoms with Crippen LogP contribution in [0.2, 0.25) is 0 Å². The van der Waals surface area contributed by atoms with Crippen LogP contribution in [0.1, 0.15) is 26.7 Å². The molecule has 11 heavy (non-hydrogen) atoms. The van der Waals surface area contributed by atoms with E-state index < -0.39 is 0 Å². The molecule has 3 nitrogen and oxygen atoms in total. The number of nitrogens with zero attached hydrogens (tertiary/aromatic N) is 1. The molecular weight excluding hydrogens is 142 g/mol. The van der Waals surface area contributed by atoms with E-state index in [2.05, 4.69) is 0 Å². The van der Waals surface area contributed by atoms with Crippen molar-refractivity contribution in [3.63, 3.8) is 0 Å². The van der Waals surface area contributed by atoms with Gasteiger partial charge in [0, 0.05) is 12.5 Å². The Morgan fingerprint density at radius 1 is 1.64 bits per heavy atom. The molecule has 1 fully saturated rings. The summed E-state index contributed by atoms with van der Waals surface area (Å²) in [5.74, 6) is 0.371. The third-order valence-corrected chi connectivity index (χ3v) is 2.05. The summed E-state index contributed by atoms with van der Waals surface area (Å²) in [6, 6.07) is 0. The highest BCUT2D eigenvalue weighted by atomic mass is 16.7. The molecule has 1 aliphatic rings. The van der Waals surface area contributed by atoms with Crippen molar-refractivity contribution < 1.29 is 9.63 Å². The maximum absolute atomic E-state index is 11.3. The maximum atomic E-state index is 11.3. The minimum Gasteiger partial charge on any atom is -0.272 e. The first kappa shape index (κ1) is 8.53. The van der Waals surface area contributed by atoms with Gasteiger partial charge in [0.25, 0.3) is 0 Å². The third-order valence-electron chi connectivity index (χ3n) is 2.05. The molecule has 0 saturated carbocycles. The van der Waals surface area contributed by atoms with Gasteiger partial charge in [0.2, 0.25) is 5.91 Å². The molecule has 0 aliphatic carbocycles. The number of hydrogen-bond donors (Lipinski definition) is 0. The number of amides is 1. The summed E-state index contributed by atoms with van der Waals surface area (Å²) in [5, 5.41) is 1.49. The van der Waals surface area contributed by atoms with Crippen LogP contribution in [0.4, 0.5) is 0 Å². The van der Waals surface area contributed by atoms with Crippen molar-refractivity contribution in [2.45, 2.75) is 26.7 Å². The van der Waals surface area contributed by atoms with Crippen LogP contribution < -0.4 is 0 Å². The molecule has 1 aliphatic heterocycles. The standard InChI is InChI=1S/C8H15NO2/c1-3-7-5-6-9(8(7)10)11-4-2/h7H,3-6H2,1-2H3. The zero-order chi connectivity index (χ0) is 8.27. The largest absolute Gasteiger partial charge is 0.272 e. The van der Waals surface area contributed by atoms with Crippen LogP contribution in [0.3, 0.4) is 0 Å². The van der Waals surface area contributed by atoms with E-state index in [9.17, 15) is 4.79 Å². The molecule has 0 aromatic rings. The lowest BCUT2D eigenvalue weighted by atomic mass is 10.1. The van der Waals surface area contributed by atoms with Gasteiger partial charge >= 0.3 is 0 Å². The molecule has 0 radical (unpaired) electrons. The summed E-state index contributed by atoms with van der Waals surface area (Å²) in [4.78, 5) is 16.5. The van der Waals surface area contributed by atoms with Crippen molar-refractivity contribution in [2.75, 3.05) is 13.2 Å². The highest BCUT2D eigenvalue weighted by molar-refractivity contribution is 5.79. The van der Waals surface area contributed by atoms with Crippen molar-refractivity contribution in [2.24, 2.45) is 5.92 Å². The van der Waals surface area contributed by atoms with Gasteiger partial charge < -0.3 is 0 Å². The molecule has 0 spiro atoms. The Balaban J connectivity index is 2.42. The van der Waals surface area contributed by atoms with E-state index in [1.54, 1.807) is 0 Å². The fraction of sp³-hybridized carbons (Fsp3) is 0.875. The van der Waals surface area contributed by atoms with Crippen LogP contribution in [0, 0.1) is 5.92 Å². The smallest absolute Gasteiger partial charge is 0.249 e. The van der Waals surface area contributed by atoms with Crippen LogP contribution in [0.5, 0.6) is 0 Å². The van der Waals surface area contributed by atoms with Gasteiger partial charge in [-0.1, -0.05) is 6.92 Å². The SMILES string of the molecule is CCON1CCC(CC)C1=O. The lowest BCUT2D eigenvalue weighted by Gasteiger charge is -2.13. The molecule has 0 bridgehead atoms. The number of hydrogen-bond acceptors (Lipinski definition) is 2. The quantitative estimate of drug-likeness (QED) is 0.616. The van der Waals surface area contributed by atoms with E-state index in [-0.39, 0.29) is 11.8 Å². The van der Waals surface area contributed by atoms with Crippen molar-refractivity contribution >= 4 is 5.91 Å². The van der Waals surface area contributed by atoms with Crippen molar-refractivity contribution in [3.05, 3.63) is 0 Å². The molecule has 0 aromatic heterocycles. The third kappa shape index (κ3) is 1.71. The second-order valence-corrected chi connectivity index (χ2v) is 2.75.